The molecule has 1 aromatic rings. The van der Waals surface area contributed by atoms with Crippen LogP contribution in [0.15, 0.2) is 24.3 Å². The van der Waals surface area contributed by atoms with Crippen LogP contribution in [0.3, 0.4) is 0 Å². The second-order valence-corrected chi connectivity index (χ2v) is 4.24. The fraction of sp³-hybridized carbons (Fsp3) is 0.385. The zero-order valence-corrected chi connectivity index (χ0v) is 9.40. The van der Waals surface area contributed by atoms with E-state index in [-0.39, 0.29) is 18.2 Å². The molecule has 0 unspecified atom stereocenters. The molecule has 0 atom stereocenters. The van der Waals surface area contributed by atoms with Crippen molar-refractivity contribution in [2.24, 2.45) is 0 Å². The second-order valence-electron chi connectivity index (χ2n) is 4.24. The zero-order chi connectivity index (χ0) is 11.5. The molecule has 1 fully saturated rings. The molecule has 0 bridgehead atoms. The van der Waals surface area contributed by atoms with E-state index in [4.69, 9.17) is 0 Å². The fourth-order valence-electron chi connectivity index (χ4n) is 1.97. The normalized spacial score (nSPS) is 16.3. The van der Waals surface area contributed by atoms with Crippen molar-refractivity contribution in [3.05, 3.63) is 35.4 Å². The van der Waals surface area contributed by atoms with Crippen molar-refractivity contribution in [3.8, 4) is 0 Å². The maximum atomic E-state index is 12.1. The molecule has 0 N–H and O–H groups in total. The lowest BCUT2D eigenvalue weighted by molar-refractivity contribution is -0.121. The van der Waals surface area contributed by atoms with Crippen LogP contribution in [0.5, 0.6) is 0 Å². The molecule has 1 aliphatic rings. The largest absolute Gasteiger partial charge is 0.331 e. The Balaban J connectivity index is 2.15. The molecular formula is C13H15NO2. The average molecular weight is 217 g/mol. The summed E-state index contributed by atoms with van der Waals surface area (Å²) in [4.78, 5) is 25.0. The van der Waals surface area contributed by atoms with E-state index in [1.165, 1.54) is 0 Å². The van der Waals surface area contributed by atoms with Gasteiger partial charge in [0.15, 0.2) is 5.78 Å². The molecule has 0 saturated carbocycles. The van der Waals surface area contributed by atoms with Gasteiger partial charge in [-0.25, -0.2) is 0 Å². The van der Waals surface area contributed by atoms with Gasteiger partial charge < -0.3 is 4.90 Å². The number of rotatable bonds is 1. The van der Waals surface area contributed by atoms with Gasteiger partial charge in [0.1, 0.15) is 0 Å². The van der Waals surface area contributed by atoms with E-state index in [0.717, 1.165) is 12.0 Å². The van der Waals surface area contributed by atoms with E-state index in [1.54, 1.807) is 11.0 Å². The zero-order valence-electron chi connectivity index (χ0n) is 9.40. The van der Waals surface area contributed by atoms with E-state index in [2.05, 4.69) is 0 Å². The third kappa shape index (κ3) is 2.30. The Hall–Kier alpha value is -1.64. The molecule has 1 aliphatic heterocycles. The number of hydrogen-bond acceptors (Lipinski definition) is 2. The summed E-state index contributed by atoms with van der Waals surface area (Å²) in [6.45, 7) is 2.92. The number of Topliss-reactive ketones (excluding diaryl/α,β-unsaturated/α-hetero) is 1. The first-order chi connectivity index (χ1) is 7.66. The molecule has 16 heavy (non-hydrogen) atoms. The van der Waals surface area contributed by atoms with Crippen LogP contribution in [-0.4, -0.2) is 29.7 Å². The highest BCUT2D eigenvalue weighted by Gasteiger charge is 2.22. The second kappa shape index (κ2) is 4.47. The average Bonchev–Trinajstić information content (AvgIpc) is 2.28. The van der Waals surface area contributed by atoms with E-state index in [1.807, 2.05) is 25.1 Å². The Morgan fingerprint density at radius 1 is 1.38 bits per heavy atom. The lowest BCUT2D eigenvalue weighted by atomic mass is 10.1. The highest BCUT2D eigenvalue weighted by Crippen LogP contribution is 2.12. The minimum atomic E-state index is -0.0308. The lowest BCUT2D eigenvalue weighted by Gasteiger charge is -2.25. The van der Waals surface area contributed by atoms with Gasteiger partial charge in [-0.15, -0.1) is 0 Å². The van der Waals surface area contributed by atoms with E-state index in [0.29, 0.717) is 18.5 Å². The molecule has 1 aromatic carbocycles. The van der Waals surface area contributed by atoms with Crippen molar-refractivity contribution < 1.29 is 9.59 Å². The van der Waals surface area contributed by atoms with Gasteiger partial charge in [0.2, 0.25) is 0 Å². The molecule has 1 heterocycles. The first-order valence-corrected chi connectivity index (χ1v) is 5.54. The minimum absolute atomic E-state index is 0.0308. The van der Waals surface area contributed by atoms with Crippen LogP contribution in [0.2, 0.25) is 0 Å². The van der Waals surface area contributed by atoms with Gasteiger partial charge in [0, 0.05) is 18.5 Å². The summed E-state index contributed by atoms with van der Waals surface area (Å²) in [5.74, 6) is 0.129. The quantitative estimate of drug-likeness (QED) is 0.719. The smallest absolute Gasteiger partial charge is 0.254 e. The molecular weight excluding hydrogens is 202 g/mol. The predicted octanol–water partition coefficient (Wildman–Crippen LogP) is 1.80. The molecule has 2 rings (SSSR count). The van der Waals surface area contributed by atoms with Gasteiger partial charge in [-0.3, -0.25) is 9.59 Å². The standard InChI is InChI=1S/C13H15NO2/c1-10-4-2-5-11(8-10)13(16)14-7-3-6-12(15)9-14/h2,4-5,8H,3,6-7,9H2,1H3. The van der Waals surface area contributed by atoms with Crippen molar-refractivity contribution >= 4 is 11.7 Å². The molecule has 1 saturated heterocycles. The molecule has 1 amide bonds. The minimum Gasteiger partial charge on any atom is -0.331 e. The number of carbonyl (C=O) groups excluding carboxylic acids is 2. The summed E-state index contributed by atoms with van der Waals surface area (Å²) in [6, 6.07) is 7.49. The molecule has 3 heteroatoms. The summed E-state index contributed by atoms with van der Waals surface area (Å²) in [5, 5.41) is 0. The Kier molecular flexibility index (Phi) is 3.04. The van der Waals surface area contributed by atoms with E-state index in [9.17, 15) is 9.59 Å². The van der Waals surface area contributed by atoms with Gasteiger partial charge in [0.25, 0.3) is 5.91 Å². The first-order valence-electron chi connectivity index (χ1n) is 5.54. The Morgan fingerprint density at radius 3 is 2.88 bits per heavy atom. The number of piperidine rings is 1. The van der Waals surface area contributed by atoms with E-state index >= 15 is 0 Å². The monoisotopic (exact) mass is 217 g/mol. The molecule has 0 aliphatic carbocycles. The van der Waals surface area contributed by atoms with Crippen molar-refractivity contribution in [1.82, 2.24) is 4.90 Å². The van der Waals surface area contributed by atoms with Crippen molar-refractivity contribution in [1.29, 1.82) is 0 Å². The first kappa shape index (κ1) is 10.9. The number of hydrogen-bond donors (Lipinski definition) is 0. The molecule has 0 aromatic heterocycles. The van der Waals surface area contributed by atoms with Crippen LogP contribution in [0.4, 0.5) is 0 Å². The Labute approximate surface area is 95.1 Å². The summed E-state index contributed by atoms with van der Waals surface area (Å²) >= 11 is 0. The van der Waals surface area contributed by atoms with Gasteiger partial charge in [-0.05, 0) is 25.5 Å². The summed E-state index contributed by atoms with van der Waals surface area (Å²) in [7, 11) is 0. The van der Waals surface area contributed by atoms with Crippen molar-refractivity contribution in [3.63, 3.8) is 0 Å². The SMILES string of the molecule is Cc1cccc(C(=O)N2CCCC(=O)C2)c1. The summed E-state index contributed by atoms with van der Waals surface area (Å²) < 4.78 is 0. The number of carbonyl (C=O) groups is 2. The van der Waals surface area contributed by atoms with Crippen molar-refractivity contribution in [2.45, 2.75) is 19.8 Å². The Morgan fingerprint density at radius 2 is 2.19 bits per heavy atom. The van der Waals surface area contributed by atoms with Gasteiger partial charge in [-0.2, -0.15) is 0 Å². The number of likely N-dealkylation sites (tertiary alicyclic amines) is 1. The van der Waals surface area contributed by atoms with Gasteiger partial charge >= 0.3 is 0 Å². The van der Waals surface area contributed by atoms with Crippen LogP contribution >= 0.6 is 0 Å². The van der Waals surface area contributed by atoms with Gasteiger partial charge in [-0.1, -0.05) is 17.7 Å². The summed E-state index contributed by atoms with van der Waals surface area (Å²) in [5.41, 5.74) is 1.74. The van der Waals surface area contributed by atoms with Crippen LogP contribution in [-0.2, 0) is 4.79 Å². The molecule has 0 radical (unpaired) electrons. The number of benzene rings is 1. The van der Waals surface area contributed by atoms with Crippen LogP contribution < -0.4 is 0 Å². The third-order valence-electron chi connectivity index (χ3n) is 2.80. The Bertz CT molecular complexity index is 426. The van der Waals surface area contributed by atoms with Crippen LogP contribution in [0, 0.1) is 6.92 Å². The fourth-order valence-corrected chi connectivity index (χ4v) is 1.97. The molecule has 3 nitrogen and oxygen atoms in total. The maximum Gasteiger partial charge on any atom is 0.254 e. The third-order valence-corrected chi connectivity index (χ3v) is 2.80. The number of nitrogens with zero attached hydrogens (tertiary/aromatic N) is 1. The topological polar surface area (TPSA) is 37.4 Å². The molecule has 84 valence electrons. The summed E-state index contributed by atoms with van der Waals surface area (Å²) in [6.07, 6.45) is 1.40. The number of ketones is 1. The van der Waals surface area contributed by atoms with Gasteiger partial charge in [0.05, 0.1) is 6.54 Å². The molecule has 0 spiro atoms. The lowest BCUT2D eigenvalue weighted by Crippen LogP contribution is -2.40. The van der Waals surface area contributed by atoms with Crippen LogP contribution in [0.25, 0.3) is 0 Å². The number of aryl methyl sites for hydroxylation is 1. The number of amides is 1. The van der Waals surface area contributed by atoms with Crippen LogP contribution in [0.1, 0.15) is 28.8 Å². The highest BCUT2D eigenvalue weighted by atomic mass is 16.2. The van der Waals surface area contributed by atoms with Crippen molar-refractivity contribution in [2.75, 3.05) is 13.1 Å². The highest BCUT2D eigenvalue weighted by molar-refractivity contribution is 5.97. The van der Waals surface area contributed by atoms with E-state index < -0.39 is 0 Å². The maximum absolute atomic E-state index is 12.1. The predicted molar refractivity (Wildman–Crippen MR) is 61.3 cm³/mol.